The molecule has 0 saturated carbocycles. The van der Waals surface area contributed by atoms with Crippen molar-refractivity contribution in [3.63, 3.8) is 0 Å². The van der Waals surface area contributed by atoms with E-state index in [4.69, 9.17) is 23.9 Å². The molecule has 1 aliphatic rings. The third-order valence-electron chi connectivity index (χ3n) is 6.61. The molecule has 9 nitrogen and oxygen atoms in total. The molecule has 1 aliphatic heterocycles. The molecule has 2 aromatic heterocycles. The zero-order valence-electron chi connectivity index (χ0n) is 21.6. The van der Waals surface area contributed by atoms with Crippen LogP contribution in [0.25, 0.3) is 22.5 Å². The number of carbonyl (C=O) groups excluding carboxylic acids is 1. The lowest BCUT2D eigenvalue weighted by Crippen LogP contribution is -2.38. The number of ether oxygens (including phenoxy) is 2. The third kappa shape index (κ3) is 6.48. The number of methoxy groups -OCH3 is 1. The fraction of sp³-hybridized carbons (Fsp3) is 0.345. The van der Waals surface area contributed by atoms with E-state index in [2.05, 4.69) is 15.1 Å². The Balaban J connectivity index is 1.36. The Morgan fingerprint density at radius 2 is 1.84 bits per heavy atom. The van der Waals surface area contributed by atoms with Gasteiger partial charge in [-0.15, -0.1) is 0 Å². The summed E-state index contributed by atoms with van der Waals surface area (Å²) < 4.78 is 16.3. The van der Waals surface area contributed by atoms with E-state index in [0.29, 0.717) is 24.6 Å². The monoisotopic (exact) mass is 515 g/mol. The fourth-order valence-corrected chi connectivity index (χ4v) is 4.58. The van der Waals surface area contributed by atoms with Crippen LogP contribution in [0.3, 0.4) is 0 Å². The molecule has 9 heteroatoms. The van der Waals surface area contributed by atoms with Crippen molar-refractivity contribution in [2.75, 3.05) is 63.3 Å². The number of amides is 1. The Labute approximate surface area is 222 Å². The van der Waals surface area contributed by atoms with Crippen LogP contribution < -0.4 is 15.0 Å². The predicted molar refractivity (Wildman–Crippen MR) is 148 cm³/mol. The molecule has 1 saturated heterocycles. The molecule has 38 heavy (non-hydrogen) atoms. The van der Waals surface area contributed by atoms with Gasteiger partial charge in [-0.3, -0.25) is 9.69 Å². The van der Waals surface area contributed by atoms with E-state index in [1.807, 2.05) is 60.7 Å². The van der Waals surface area contributed by atoms with Gasteiger partial charge in [0.15, 0.2) is 11.6 Å². The summed E-state index contributed by atoms with van der Waals surface area (Å²) in [5.41, 5.74) is 1.58. The fourth-order valence-electron chi connectivity index (χ4n) is 4.58. The molecule has 0 atom stereocenters. The van der Waals surface area contributed by atoms with E-state index in [9.17, 15) is 4.79 Å². The summed E-state index contributed by atoms with van der Waals surface area (Å²) in [6.07, 6.45) is 2.88. The van der Waals surface area contributed by atoms with Crippen LogP contribution >= 0.6 is 0 Å². The second-order valence-electron chi connectivity index (χ2n) is 9.19. The highest BCUT2D eigenvalue weighted by Gasteiger charge is 2.19. The number of para-hydroxylation sites is 1. The van der Waals surface area contributed by atoms with E-state index in [-0.39, 0.29) is 5.91 Å². The van der Waals surface area contributed by atoms with Crippen molar-refractivity contribution in [1.82, 2.24) is 14.9 Å². The SMILES string of the molecule is COc1ccc(NC(=O)CCN(CCCN2CCOCC2)c2nc(-c3ccco3)nc3ccccc23)cc1. The van der Waals surface area contributed by atoms with Gasteiger partial charge < -0.3 is 24.1 Å². The molecule has 1 amide bonds. The van der Waals surface area contributed by atoms with Crippen LogP contribution in [0.4, 0.5) is 11.5 Å². The van der Waals surface area contributed by atoms with Gasteiger partial charge >= 0.3 is 0 Å². The standard InChI is InChI=1S/C29H33N5O4/c1-36-23-11-9-22(10-12-23)30-27(35)13-16-34(15-5-14-33-17-20-37-21-18-33)29-24-6-2-3-7-25(24)31-28(32-29)26-8-4-19-38-26/h2-4,6-12,19H,5,13-18,20-21H2,1H3,(H,30,35). The number of nitrogens with zero attached hydrogens (tertiary/aromatic N) is 4. The van der Waals surface area contributed by atoms with Crippen molar-refractivity contribution in [1.29, 1.82) is 0 Å². The average Bonchev–Trinajstić information content (AvgIpc) is 3.51. The maximum Gasteiger partial charge on any atom is 0.226 e. The minimum atomic E-state index is -0.0574. The highest BCUT2D eigenvalue weighted by atomic mass is 16.5. The summed E-state index contributed by atoms with van der Waals surface area (Å²) >= 11 is 0. The normalized spacial score (nSPS) is 13.9. The van der Waals surface area contributed by atoms with Crippen LogP contribution in [0, 0.1) is 0 Å². The second-order valence-corrected chi connectivity index (χ2v) is 9.19. The number of rotatable bonds is 11. The van der Waals surface area contributed by atoms with Gasteiger partial charge in [0.2, 0.25) is 5.91 Å². The van der Waals surface area contributed by atoms with Crippen molar-refractivity contribution < 1.29 is 18.7 Å². The van der Waals surface area contributed by atoms with Gasteiger partial charge in [-0.25, -0.2) is 9.97 Å². The number of anilines is 2. The minimum Gasteiger partial charge on any atom is -0.497 e. The van der Waals surface area contributed by atoms with E-state index in [1.54, 1.807) is 13.4 Å². The predicted octanol–water partition coefficient (Wildman–Crippen LogP) is 4.46. The Morgan fingerprint density at radius 3 is 2.61 bits per heavy atom. The highest BCUT2D eigenvalue weighted by molar-refractivity contribution is 5.93. The number of furan rings is 1. The summed E-state index contributed by atoms with van der Waals surface area (Å²) in [6.45, 7) is 5.69. The molecule has 1 fully saturated rings. The van der Waals surface area contributed by atoms with E-state index in [0.717, 1.165) is 74.0 Å². The first-order valence-corrected chi connectivity index (χ1v) is 13.0. The summed E-state index contributed by atoms with van der Waals surface area (Å²) in [7, 11) is 1.62. The number of hydrogen-bond donors (Lipinski definition) is 1. The first-order valence-electron chi connectivity index (χ1n) is 13.0. The molecule has 4 aromatic rings. The van der Waals surface area contributed by atoms with Crippen LogP contribution in [-0.2, 0) is 9.53 Å². The van der Waals surface area contributed by atoms with Gasteiger partial charge in [-0.1, -0.05) is 12.1 Å². The molecule has 5 rings (SSSR count). The average molecular weight is 516 g/mol. The summed E-state index contributed by atoms with van der Waals surface area (Å²) in [4.78, 5) is 27.2. The van der Waals surface area contributed by atoms with Gasteiger partial charge in [0.05, 0.1) is 32.1 Å². The zero-order chi connectivity index (χ0) is 26.2. The molecule has 0 spiro atoms. The topological polar surface area (TPSA) is 93.0 Å². The van der Waals surface area contributed by atoms with Gasteiger partial charge in [0.25, 0.3) is 0 Å². The molecular formula is C29H33N5O4. The largest absolute Gasteiger partial charge is 0.497 e. The van der Waals surface area contributed by atoms with Gasteiger partial charge in [-0.2, -0.15) is 0 Å². The second kappa shape index (κ2) is 12.5. The third-order valence-corrected chi connectivity index (χ3v) is 6.61. The zero-order valence-corrected chi connectivity index (χ0v) is 21.6. The summed E-state index contributed by atoms with van der Waals surface area (Å²) in [5, 5.41) is 3.94. The summed E-state index contributed by atoms with van der Waals surface area (Å²) in [5.74, 6) is 2.64. The lowest BCUT2D eigenvalue weighted by molar-refractivity contribution is -0.116. The van der Waals surface area contributed by atoms with Crippen molar-refractivity contribution in [3.05, 3.63) is 66.9 Å². The van der Waals surface area contributed by atoms with Crippen LogP contribution in [-0.4, -0.2) is 73.8 Å². The minimum absolute atomic E-state index is 0.0574. The maximum absolute atomic E-state index is 12.9. The number of hydrogen-bond acceptors (Lipinski definition) is 8. The van der Waals surface area contributed by atoms with Crippen molar-refractivity contribution >= 4 is 28.3 Å². The Kier molecular flexibility index (Phi) is 8.47. The number of nitrogens with one attached hydrogen (secondary N) is 1. The molecule has 0 aliphatic carbocycles. The quantitative estimate of drug-likeness (QED) is 0.313. The van der Waals surface area contributed by atoms with Crippen LogP contribution in [0.5, 0.6) is 5.75 Å². The Hall–Kier alpha value is -3.95. The van der Waals surface area contributed by atoms with Crippen LogP contribution in [0.1, 0.15) is 12.8 Å². The molecule has 2 aromatic carbocycles. The van der Waals surface area contributed by atoms with Gasteiger partial charge in [-0.05, 0) is 55.0 Å². The number of morpholine rings is 1. The Morgan fingerprint density at radius 1 is 1.03 bits per heavy atom. The smallest absolute Gasteiger partial charge is 0.226 e. The lowest BCUT2D eigenvalue weighted by atomic mass is 10.2. The number of fused-ring (bicyclic) bond motifs is 1. The number of carbonyl (C=O) groups is 1. The first-order chi connectivity index (χ1) is 18.7. The van der Waals surface area contributed by atoms with Crippen LogP contribution in [0.15, 0.2) is 71.3 Å². The van der Waals surface area contributed by atoms with E-state index >= 15 is 0 Å². The van der Waals surface area contributed by atoms with Gasteiger partial charge in [0, 0.05) is 50.2 Å². The molecular weight excluding hydrogens is 482 g/mol. The molecule has 0 radical (unpaired) electrons. The molecule has 3 heterocycles. The van der Waals surface area contributed by atoms with Gasteiger partial charge in [0.1, 0.15) is 11.6 Å². The van der Waals surface area contributed by atoms with Crippen molar-refractivity contribution in [2.45, 2.75) is 12.8 Å². The Bertz CT molecular complexity index is 1320. The first kappa shape index (κ1) is 25.7. The molecule has 198 valence electrons. The van der Waals surface area contributed by atoms with Crippen LogP contribution in [0.2, 0.25) is 0 Å². The van der Waals surface area contributed by atoms with Crippen molar-refractivity contribution in [2.24, 2.45) is 0 Å². The molecule has 0 unspecified atom stereocenters. The number of benzene rings is 2. The van der Waals surface area contributed by atoms with E-state index in [1.165, 1.54) is 0 Å². The molecule has 0 bridgehead atoms. The maximum atomic E-state index is 12.9. The van der Waals surface area contributed by atoms with Crippen molar-refractivity contribution in [3.8, 4) is 17.3 Å². The summed E-state index contributed by atoms with van der Waals surface area (Å²) in [6, 6.07) is 19.0. The number of aromatic nitrogens is 2. The molecule has 1 N–H and O–H groups in total. The lowest BCUT2D eigenvalue weighted by Gasteiger charge is -2.29. The highest BCUT2D eigenvalue weighted by Crippen LogP contribution is 2.28. The van der Waals surface area contributed by atoms with E-state index < -0.39 is 0 Å².